The van der Waals surface area contributed by atoms with Gasteiger partial charge in [-0.25, -0.2) is 0 Å². The molecule has 9 nitrogen and oxygen atoms in total. The summed E-state index contributed by atoms with van der Waals surface area (Å²) in [4.78, 5) is 52.9. The van der Waals surface area contributed by atoms with Gasteiger partial charge in [-0.1, -0.05) is 19.9 Å². The Kier molecular flexibility index (Phi) is 5.01. The number of aliphatic hydroxyl groups is 1. The van der Waals surface area contributed by atoms with E-state index >= 15 is 0 Å². The normalized spacial score (nSPS) is 45.2. The van der Waals surface area contributed by atoms with E-state index in [1.807, 2.05) is 19.9 Å². The van der Waals surface area contributed by atoms with Gasteiger partial charge in [0.05, 0.1) is 29.5 Å². The van der Waals surface area contributed by atoms with Crippen LogP contribution in [-0.2, 0) is 33.4 Å². The topological polar surface area (TPSA) is 133 Å². The van der Waals surface area contributed by atoms with Gasteiger partial charge in [-0.15, -0.1) is 0 Å². The second-order valence-corrected chi connectivity index (χ2v) is 12.9. The van der Waals surface area contributed by atoms with E-state index in [2.05, 4.69) is 0 Å². The molecule has 208 valence electrons. The molecular formula is C30H34O9. The fraction of sp³-hybridized carbons (Fsp3) is 0.600. The van der Waals surface area contributed by atoms with Gasteiger partial charge in [0.25, 0.3) is 0 Å². The number of hydrogen-bond donors (Lipinski definition) is 1. The maximum Gasteiger partial charge on any atom is 0.303 e. The van der Waals surface area contributed by atoms with Gasteiger partial charge in [0.2, 0.25) is 5.78 Å². The van der Waals surface area contributed by atoms with Crippen molar-refractivity contribution in [2.45, 2.75) is 84.7 Å². The third-order valence-corrected chi connectivity index (χ3v) is 10.8. The number of furan rings is 1. The van der Waals surface area contributed by atoms with Gasteiger partial charge in [-0.05, 0) is 50.5 Å². The Balaban J connectivity index is 1.69. The summed E-state index contributed by atoms with van der Waals surface area (Å²) in [6.45, 7) is 11.5. The highest BCUT2D eigenvalue weighted by Gasteiger charge is 2.91. The number of ketones is 2. The van der Waals surface area contributed by atoms with Crippen LogP contribution in [0.2, 0.25) is 0 Å². The number of rotatable bonds is 3. The molecule has 2 unspecified atom stereocenters. The first-order valence-electron chi connectivity index (χ1n) is 13.4. The van der Waals surface area contributed by atoms with Gasteiger partial charge in [0.15, 0.2) is 11.5 Å². The van der Waals surface area contributed by atoms with Crippen LogP contribution in [-0.4, -0.2) is 52.5 Å². The fourth-order valence-corrected chi connectivity index (χ4v) is 9.50. The molecule has 5 aliphatic rings. The molecule has 0 radical (unpaired) electrons. The fourth-order valence-electron chi connectivity index (χ4n) is 9.50. The molecule has 1 N–H and O–H groups in total. The molecule has 2 saturated carbocycles. The number of epoxide rings is 1. The Hall–Kier alpha value is -3.20. The summed E-state index contributed by atoms with van der Waals surface area (Å²) >= 11 is 0. The molecule has 4 aliphatic carbocycles. The Bertz CT molecular complexity index is 1380. The smallest absolute Gasteiger partial charge is 0.303 e. The summed E-state index contributed by atoms with van der Waals surface area (Å²) in [6.07, 6.45) is 4.42. The first-order valence-corrected chi connectivity index (χ1v) is 13.4. The van der Waals surface area contributed by atoms with Crippen molar-refractivity contribution in [3.8, 4) is 0 Å². The van der Waals surface area contributed by atoms with E-state index in [0.29, 0.717) is 6.42 Å². The largest absolute Gasteiger partial charge is 0.504 e. The summed E-state index contributed by atoms with van der Waals surface area (Å²) in [6, 6.07) is 1.84. The van der Waals surface area contributed by atoms with E-state index < -0.39 is 68.9 Å². The molecule has 3 fully saturated rings. The summed E-state index contributed by atoms with van der Waals surface area (Å²) < 4.78 is 24.1. The van der Waals surface area contributed by atoms with Crippen LogP contribution in [0.15, 0.2) is 46.5 Å². The molecule has 1 saturated heterocycles. The van der Waals surface area contributed by atoms with Crippen molar-refractivity contribution in [1.29, 1.82) is 0 Å². The maximum atomic E-state index is 14.6. The quantitative estimate of drug-likeness (QED) is 0.448. The average molecular weight is 539 g/mol. The average Bonchev–Trinajstić information content (AvgIpc) is 3.20. The Morgan fingerprint density at radius 2 is 1.72 bits per heavy atom. The number of carbonyl (C=O) groups excluding carboxylic acids is 4. The van der Waals surface area contributed by atoms with Gasteiger partial charge in [-0.3, -0.25) is 19.2 Å². The zero-order chi connectivity index (χ0) is 28.5. The molecule has 0 bridgehead atoms. The predicted molar refractivity (Wildman–Crippen MR) is 135 cm³/mol. The van der Waals surface area contributed by atoms with Gasteiger partial charge in [0, 0.05) is 36.5 Å². The van der Waals surface area contributed by atoms with Crippen LogP contribution in [0.5, 0.6) is 0 Å². The maximum absolute atomic E-state index is 14.6. The van der Waals surface area contributed by atoms with Crippen molar-refractivity contribution in [3.05, 3.63) is 47.6 Å². The highest BCUT2D eigenvalue weighted by molar-refractivity contribution is 6.06. The molecule has 39 heavy (non-hydrogen) atoms. The van der Waals surface area contributed by atoms with Crippen molar-refractivity contribution >= 4 is 23.5 Å². The van der Waals surface area contributed by atoms with Crippen LogP contribution in [0.25, 0.3) is 0 Å². The Morgan fingerprint density at radius 1 is 1.05 bits per heavy atom. The molecular weight excluding hydrogens is 504 g/mol. The zero-order valence-electron chi connectivity index (χ0n) is 23.2. The second kappa shape index (κ2) is 7.50. The Morgan fingerprint density at radius 3 is 2.31 bits per heavy atom. The molecule has 1 aliphatic heterocycles. The van der Waals surface area contributed by atoms with Crippen molar-refractivity contribution < 1.29 is 42.9 Å². The third-order valence-electron chi connectivity index (χ3n) is 10.8. The van der Waals surface area contributed by atoms with E-state index in [1.54, 1.807) is 39.4 Å². The number of Topliss-reactive ketones (excluding diaryl/α,β-unsaturated/α-hetero) is 1. The van der Waals surface area contributed by atoms with Crippen LogP contribution in [0, 0.1) is 27.6 Å². The minimum absolute atomic E-state index is 0.251. The van der Waals surface area contributed by atoms with Crippen LogP contribution in [0.4, 0.5) is 0 Å². The summed E-state index contributed by atoms with van der Waals surface area (Å²) in [5, 5.41) is 11.6. The standard InChI is InChI=1S/C30H34O9/c1-14(31)37-21-23-27(5)10-8-18(33)26(3,4)22(27)20(34)24(35)29(23,7)30-19(39-30)12-17(16-9-11-36-13-16)28(30,6)25(21)38-15(2)32/h8-11,13,17,19,21,23,25,34H,12H2,1-7H3/t17-,19+,21+,23+,25-,27+,28+,29?,30?/m0/s1. The van der Waals surface area contributed by atoms with E-state index in [1.165, 1.54) is 19.9 Å². The SMILES string of the molecule is CC(=O)O[C@H]1[C@H](OC(C)=O)[C@@]2(C)[C@H](c3ccoc3)C[C@H]3OC32C2(C)C(=O)C(O)=C3C(C)(C)C(=O)C=C[C@@]3(C)[C@@H]12. The minimum atomic E-state index is -1.40. The van der Waals surface area contributed by atoms with E-state index in [0.717, 1.165) is 5.56 Å². The van der Waals surface area contributed by atoms with Crippen LogP contribution < -0.4 is 0 Å². The lowest BCUT2D eigenvalue weighted by molar-refractivity contribution is -0.247. The highest BCUT2D eigenvalue weighted by Crippen LogP contribution is 2.81. The first kappa shape index (κ1) is 26.0. The lowest BCUT2D eigenvalue weighted by Crippen LogP contribution is -2.75. The number of allylic oxidation sites excluding steroid dienone is 4. The summed E-state index contributed by atoms with van der Waals surface area (Å²) in [5.41, 5.74) is -4.76. The molecule has 0 amide bonds. The van der Waals surface area contributed by atoms with Crippen molar-refractivity contribution in [2.24, 2.45) is 27.6 Å². The molecule has 1 aromatic rings. The van der Waals surface area contributed by atoms with Gasteiger partial charge < -0.3 is 23.7 Å². The highest BCUT2D eigenvalue weighted by atomic mass is 16.6. The van der Waals surface area contributed by atoms with Crippen LogP contribution in [0.3, 0.4) is 0 Å². The number of carbonyl (C=O) groups is 4. The van der Waals surface area contributed by atoms with E-state index in [-0.39, 0.29) is 23.4 Å². The molecule has 0 aromatic carbocycles. The first-order chi connectivity index (χ1) is 18.1. The summed E-state index contributed by atoms with van der Waals surface area (Å²) in [7, 11) is 0. The van der Waals surface area contributed by atoms with Crippen molar-refractivity contribution in [3.63, 3.8) is 0 Å². The number of ether oxygens (including phenoxy) is 3. The number of aliphatic hydroxyl groups excluding tert-OH is 1. The molecule has 9 heteroatoms. The van der Waals surface area contributed by atoms with Gasteiger partial charge in [-0.2, -0.15) is 0 Å². The van der Waals surface area contributed by atoms with Crippen molar-refractivity contribution in [1.82, 2.24) is 0 Å². The van der Waals surface area contributed by atoms with Gasteiger partial charge in [0.1, 0.15) is 17.8 Å². The molecule has 1 spiro atoms. The van der Waals surface area contributed by atoms with Gasteiger partial charge >= 0.3 is 11.9 Å². The van der Waals surface area contributed by atoms with E-state index in [4.69, 9.17) is 18.6 Å². The third kappa shape index (κ3) is 2.74. The van der Waals surface area contributed by atoms with Crippen LogP contribution >= 0.6 is 0 Å². The van der Waals surface area contributed by atoms with Crippen molar-refractivity contribution in [2.75, 3.05) is 0 Å². The monoisotopic (exact) mass is 538 g/mol. The minimum Gasteiger partial charge on any atom is -0.504 e. The lowest BCUT2D eigenvalue weighted by atomic mass is 9.38. The predicted octanol–water partition coefficient (Wildman–Crippen LogP) is 3.98. The summed E-state index contributed by atoms with van der Waals surface area (Å²) in [5.74, 6) is -3.51. The molecule has 1 aromatic heterocycles. The number of hydrogen-bond acceptors (Lipinski definition) is 9. The van der Waals surface area contributed by atoms with E-state index in [9.17, 15) is 24.3 Å². The lowest BCUT2D eigenvalue weighted by Gasteiger charge is -2.65. The second-order valence-electron chi connectivity index (χ2n) is 12.9. The molecule has 9 atom stereocenters. The Labute approximate surface area is 226 Å². The molecule has 2 heterocycles. The zero-order valence-corrected chi connectivity index (χ0v) is 23.2. The molecule has 6 rings (SSSR count). The number of esters is 2. The van der Waals surface area contributed by atoms with Crippen LogP contribution in [0.1, 0.15) is 66.4 Å². The number of fused-ring (bicyclic) bond motifs is 3.